The first-order valence-corrected chi connectivity index (χ1v) is 9.75. The van der Waals surface area contributed by atoms with E-state index in [0.717, 1.165) is 34.4 Å². The average Bonchev–Trinajstić information content (AvgIpc) is 2.53. The highest BCUT2D eigenvalue weighted by Crippen LogP contribution is 2.60. The molecule has 4 saturated carbocycles. The molecule has 0 radical (unpaired) electrons. The number of rotatable bonds is 4. The van der Waals surface area contributed by atoms with Crippen LogP contribution in [0.3, 0.4) is 0 Å². The first-order valence-electron chi connectivity index (χ1n) is 8.95. The minimum atomic E-state index is -1.13. The van der Waals surface area contributed by atoms with Crippen LogP contribution in [-0.2, 0) is 15.0 Å². The molecule has 0 atom stereocenters. The van der Waals surface area contributed by atoms with E-state index < -0.39 is 11.9 Å². The minimum Gasteiger partial charge on any atom is -0.478 e. The average molecular weight is 404 g/mol. The van der Waals surface area contributed by atoms with Gasteiger partial charge in [0.2, 0.25) is 5.91 Å². The van der Waals surface area contributed by atoms with Gasteiger partial charge in [-0.3, -0.25) is 4.79 Å². The van der Waals surface area contributed by atoms with Gasteiger partial charge in [0, 0.05) is 16.6 Å². The number of nitrogens with one attached hydrogen (secondary N) is 1. The highest BCUT2D eigenvalue weighted by Gasteiger charge is 2.51. The molecule has 5 heteroatoms. The number of anilines is 1. The lowest BCUT2D eigenvalue weighted by Gasteiger charge is -2.57. The third-order valence-corrected chi connectivity index (χ3v) is 6.94. The van der Waals surface area contributed by atoms with Crippen LogP contribution in [0.1, 0.15) is 44.1 Å². The number of hydrogen-bond acceptors (Lipinski definition) is 2. The predicted molar refractivity (Wildman–Crippen MR) is 99.4 cm³/mol. The van der Waals surface area contributed by atoms with E-state index in [-0.39, 0.29) is 5.41 Å². The molecule has 0 heterocycles. The van der Waals surface area contributed by atoms with Crippen molar-refractivity contribution >= 4 is 33.5 Å². The van der Waals surface area contributed by atoms with Gasteiger partial charge < -0.3 is 10.4 Å². The first-order chi connectivity index (χ1) is 11.9. The summed E-state index contributed by atoms with van der Waals surface area (Å²) in [6.45, 7) is 0. The normalized spacial score (nSPS) is 32.9. The number of carbonyl (C=O) groups excluding carboxylic acids is 1. The van der Waals surface area contributed by atoms with Crippen molar-refractivity contribution in [3.05, 3.63) is 40.4 Å². The molecule has 0 saturated heterocycles. The predicted octanol–water partition coefficient (Wildman–Crippen LogP) is 4.50. The Morgan fingerprint density at radius 2 is 1.68 bits per heavy atom. The van der Waals surface area contributed by atoms with Crippen molar-refractivity contribution in [3.8, 4) is 0 Å². The summed E-state index contributed by atoms with van der Waals surface area (Å²) in [5.41, 5.74) is 2.31. The molecule has 2 N–H and O–H groups in total. The molecule has 0 aromatic heterocycles. The van der Waals surface area contributed by atoms with Gasteiger partial charge in [-0.05, 0) is 95.3 Å². The molecule has 4 nitrogen and oxygen atoms in total. The summed E-state index contributed by atoms with van der Waals surface area (Å²) in [4.78, 5) is 22.5. The Hall–Kier alpha value is -1.62. The van der Waals surface area contributed by atoms with Gasteiger partial charge in [0.15, 0.2) is 0 Å². The molecule has 25 heavy (non-hydrogen) atoms. The van der Waals surface area contributed by atoms with Crippen LogP contribution in [0.4, 0.5) is 5.69 Å². The van der Waals surface area contributed by atoms with E-state index in [0.29, 0.717) is 5.69 Å². The van der Waals surface area contributed by atoms with Crippen LogP contribution in [-0.4, -0.2) is 17.0 Å². The Morgan fingerprint density at radius 3 is 2.24 bits per heavy atom. The van der Waals surface area contributed by atoms with E-state index in [1.54, 1.807) is 0 Å². The second-order valence-corrected chi connectivity index (χ2v) is 8.91. The van der Waals surface area contributed by atoms with Crippen LogP contribution in [0, 0.1) is 17.8 Å². The molecule has 1 aromatic carbocycles. The summed E-state index contributed by atoms with van der Waals surface area (Å²) in [6.07, 6.45) is 9.92. The van der Waals surface area contributed by atoms with Crippen LogP contribution >= 0.6 is 15.9 Å². The highest BCUT2D eigenvalue weighted by molar-refractivity contribution is 9.10. The molecular weight excluding hydrogens is 382 g/mol. The summed E-state index contributed by atoms with van der Waals surface area (Å²) in [6, 6.07) is 6.29. The lowest BCUT2D eigenvalue weighted by molar-refractivity contribution is -0.131. The number of hydrogen-bond donors (Lipinski definition) is 2. The van der Waals surface area contributed by atoms with Gasteiger partial charge in [0.05, 0.1) is 5.69 Å². The van der Waals surface area contributed by atoms with Gasteiger partial charge in [-0.15, -0.1) is 0 Å². The molecule has 0 unspecified atom stereocenters. The second-order valence-electron chi connectivity index (χ2n) is 8.05. The Kier molecular flexibility index (Phi) is 4.22. The third kappa shape index (κ3) is 3.26. The van der Waals surface area contributed by atoms with Gasteiger partial charge in [-0.25, -0.2) is 4.79 Å². The van der Waals surface area contributed by atoms with Crippen molar-refractivity contribution in [2.75, 3.05) is 5.32 Å². The van der Waals surface area contributed by atoms with E-state index in [2.05, 4.69) is 33.4 Å². The maximum atomic E-state index is 11.9. The van der Waals surface area contributed by atoms with E-state index in [9.17, 15) is 9.59 Å². The molecule has 4 fully saturated rings. The van der Waals surface area contributed by atoms with Crippen molar-refractivity contribution < 1.29 is 14.7 Å². The molecule has 0 aliphatic heterocycles. The topological polar surface area (TPSA) is 66.4 Å². The Balaban J connectivity index is 1.60. The van der Waals surface area contributed by atoms with Crippen molar-refractivity contribution in [1.29, 1.82) is 0 Å². The van der Waals surface area contributed by atoms with Crippen molar-refractivity contribution in [3.63, 3.8) is 0 Å². The molecular formula is C20H22BrNO3. The van der Waals surface area contributed by atoms with E-state index in [1.165, 1.54) is 44.1 Å². The quantitative estimate of drug-likeness (QED) is 0.727. The minimum absolute atomic E-state index is 0.270. The van der Waals surface area contributed by atoms with E-state index in [4.69, 9.17) is 5.11 Å². The number of benzene rings is 1. The van der Waals surface area contributed by atoms with Gasteiger partial charge >= 0.3 is 5.97 Å². The van der Waals surface area contributed by atoms with Crippen LogP contribution in [0.2, 0.25) is 0 Å². The fourth-order valence-electron chi connectivity index (χ4n) is 5.74. The standard InChI is InChI=1S/C20H22BrNO3/c21-16-2-1-15(8-17(16)22-18(23)3-4-19(24)25)20-9-12-5-13(10-20)7-14(6-12)11-20/h1-4,8,12-14H,5-7,9-11H2,(H,22,23)(H,24,25)/b4-3-. The molecule has 0 spiro atoms. The van der Waals surface area contributed by atoms with Crippen molar-refractivity contribution in [2.45, 2.75) is 43.9 Å². The number of amides is 1. The third-order valence-electron chi connectivity index (χ3n) is 6.25. The number of carbonyl (C=O) groups is 2. The molecule has 1 aromatic rings. The van der Waals surface area contributed by atoms with E-state index >= 15 is 0 Å². The number of aliphatic carboxylic acids is 1. The fourth-order valence-corrected chi connectivity index (χ4v) is 6.08. The van der Waals surface area contributed by atoms with E-state index in [1.807, 2.05) is 6.07 Å². The zero-order valence-electron chi connectivity index (χ0n) is 14.0. The largest absolute Gasteiger partial charge is 0.478 e. The zero-order valence-corrected chi connectivity index (χ0v) is 15.6. The number of halogens is 1. The maximum Gasteiger partial charge on any atom is 0.328 e. The SMILES string of the molecule is O=C(O)/C=C\C(=O)Nc1cc(C23CC4CC(CC(C4)C2)C3)ccc1Br. The van der Waals surface area contributed by atoms with Gasteiger partial charge in [0.1, 0.15) is 0 Å². The lowest BCUT2D eigenvalue weighted by atomic mass is 9.48. The number of carboxylic acids is 1. The molecule has 132 valence electrons. The van der Waals surface area contributed by atoms with Crippen molar-refractivity contribution in [1.82, 2.24) is 0 Å². The lowest BCUT2D eigenvalue weighted by Crippen LogP contribution is -2.48. The van der Waals surface area contributed by atoms with Gasteiger partial charge in [0.25, 0.3) is 0 Å². The molecule has 4 aliphatic carbocycles. The molecule has 4 bridgehead atoms. The van der Waals surface area contributed by atoms with Gasteiger partial charge in [-0.2, -0.15) is 0 Å². The molecule has 5 rings (SSSR count). The van der Waals surface area contributed by atoms with Crippen LogP contribution in [0.15, 0.2) is 34.8 Å². The zero-order chi connectivity index (χ0) is 17.6. The summed E-state index contributed by atoms with van der Waals surface area (Å²) >= 11 is 3.49. The first kappa shape index (κ1) is 16.8. The highest BCUT2D eigenvalue weighted by atomic mass is 79.9. The summed E-state index contributed by atoms with van der Waals surface area (Å²) in [5.74, 6) is 1.05. The van der Waals surface area contributed by atoms with Crippen LogP contribution in [0.25, 0.3) is 0 Å². The fraction of sp³-hybridized carbons (Fsp3) is 0.500. The Bertz CT molecular complexity index is 720. The van der Waals surface area contributed by atoms with Gasteiger partial charge in [-0.1, -0.05) is 6.07 Å². The second kappa shape index (κ2) is 6.27. The van der Waals surface area contributed by atoms with Crippen molar-refractivity contribution in [2.24, 2.45) is 17.8 Å². The van der Waals surface area contributed by atoms with Crippen LogP contribution in [0.5, 0.6) is 0 Å². The smallest absolute Gasteiger partial charge is 0.328 e. The summed E-state index contributed by atoms with van der Waals surface area (Å²) in [5, 5.41) is 11.4. The Morgan fingerprint density at radius 1 is 1.08 bits per heavy atom. The maximum absolute atomic E-state index is 11.9. The summed E-state index contributed by atoms with van der Waals surface area (Å²) < 4.78 is 0.818. The Labute approximate surface area is 155 Å². The monoisotopic (exact) mass is 403 g/mol. The summed E-state index contributed by atoms with van der Waals surface area (Å²) in [7, 11) is 0. The number of carboxylic acid groups (broad SMARTS) is 1. The van der Waals surface area contributed by atoms with Crippen LogP contribution < -0.4 is 5.32 Å². The molecule has 4 aliphatic rings. The molecule has 1 amide bonds.